The van der Waals surface area contributed by atoms with Gasteiger partial charge >= 0.3 is 0 Å². The van der Waals surface area contributed by atoms with Crippen molar-refractivity contribution in [2.24, 2.45) is 0 Å². The Morgan fingerprint density at radius 3 is 2.30 bits per heavy atom. The predicted molar refractivity (Wildman–Crippen MR) is 122 cm³/mol. The van der Waals surface area contributed by atoms with Gasteiger partial charge in [-0.05, 0) is 62.3 Å². The van der Waals surface area contributed by atoms with Crippen LogP contribution >= 0.6 is 11.3 Å². The van der Waals surface area contributed by atoms with E-state index in [1.54, 1.807) is 17.5 Å². The van der Waals surface area contributed by atoms with Gasteiger partial charge in [0.25, 0.3) is 5.91 Å². The second kappa shape index (κ2) is 10.4. The van der Waals surface area contributed by atoms with E-state index in [1.807, 2.05) is 45.0 Å². The summed E-state index contributed by atoms with van der Waals surface area (Å²) in [6.07, 6.45) is 1.02. The first kappa shape index (κ1) is 23.6. The maximum absolute atomic E-state index is 12.9. The fraction of sp³-hybridized carbons (Fsp3) is 0.435. The zero-order valence-corrected chi connectivity index (χ0v) is 19.1. The third kappa shape index (κ3) is 6.99. The number of amides is 3. The number of carbonyl (C=O) groups excluding carboxylic acids is 3. The zero-order chi connectivity index (χ0) is 22.3. The van der Waals surface area contributed by atoms with E-state index in [0.29, 0.717) is 16.5 Å². The number of nitrogens with one attached hydrogen (secondary N) is 2. The molecule has 2 N–H and O–H groups in total. The van der Waals surface area contributed by atoms with E-state index < -0.39 is 5.54 Å². The van der Waals surface area contributed by atoms with Crippen molar-refractivity contribution in [1.29, 1.82) is 0 Å². The molecule has 1 aromatic carbocycles. The smallest absolute Gasteiger partial charge is 0.261 e. The molecule has 162 valence electrons. The summed E-state index contributed by atoms with van der Waals surface area (Å²) in [6.45, 7) is 9.63. The second-order valence-electron chi connectivity index (χ2n) is 8.34. The Morgan fingerprint density at radius 1 is 1.10 bits per heavy atom. The molecule has 1 heterocycles. The van der Waals surface area contributed by atoms with Crippen LogP contribution in [0, 0.1) is 0 Å². The standard InChI is InChI=1S/C23H31N3O3S/c1-6-16(2)17-9-11-18(12-10-17)26(15-20(27)25-23(3,4)5)21(28)14-24-22(29)19-8-7-13-30-19/h7-13,16H,6,14-15H2,1-5H3,(H,24,29)(H,25,27)/t16-/m0/s1. The Morgan fingerprint density at radius 2 is 1.77 bits per heavy atom. The van der Waals surface area contributed by atoms with Crippen LogP contribution < -0.4 is 15.5 Å². The van der Waals surface area contributed by atoms with Gasteiger partial charge in [-0.25, -0.2) is 0 Å². The van der Waals surface area contributed by atoms with E-state index in [9.17, 15) is 14.4 Å². The molecule has 30 heavy (non-hydrogen) atoms. The lowest BCUT2D eigenvalue weighted by Gasteiger charge is -2.26. The fourth-order valence-electron chi connectivity index (χ4n) is 2.89. The van der Waals surface area contributed by atoms with E-state index >= 15 is 0 Å². The van der Waals surface area contributed by atoms with Crippen LogP contribution in [0.25, 0.3) is 0 Å². The summed E-state index contributed by atoms with van der Waals surface area (Å²) in [6, 6.07) is 11.1. The van der Waals surface area contributed by atoms with Crippen LogP contribution in [0.5, 0.6) is 0 Å². The predicted octanol–water partition coefficient (Wildman–Crippen LogP) is 3.94. The van der Waals surface area contributed by atoms with E-state index in [2.05, 4.69) is 24.5 Å². The SMILES string of the molecule is CC[C@H](C)c1ccc(N(CC(=O)NC(C)(C)C)C(=O)CNC(=O)c2cccs2)cc1. The van der Waals surface area contributed by atoms with Gasteiger partial charge in [-0.1, -0.05) is 32.0 Å². The van der Waals surface area contributed by atoms with Gasteiger partial charge in [0.15, 0.2) is 0 Å². The lowest BCUT2D eigenvalue weighted by Crippen LogP contribution is -2.49. The highest BCUT2D eigenvalue weighted by Gasteiger charge is 2.23. The van der Waals surface area contributed by atoms with E-state index in [4.69, 9.17) is 0 Å². The van der Waals surface area contributed by atoms with E-state index in [-0.39, 0.29) is 30.8 Å². The molecule has 0 aliphatic carbocycles. The molecule has 0 spiro atoms. The highest BCUT2D eigenvalue weighted by Crippen LogP contribution is 2.22. The minimum absolute atomic E-state index is 0.117. The number of benzene rings is 1. The molecular weight excluding hydrogens is 398 g/mol. The molecule has 7 heteroatoms. The number of hydrogen-bond donors (Lipinski definition) is 2. The summed E-state index contributed by atoms with van der Waals surface area (Å²) in [5.41, 5.74) is 1.40. The molecular formula is C23H31N3O3S. The molecule has 0 unspecified atom stereocenters. The molecule has 3 amide bonds. The van der Waals surface area contributed by atoms with Crippen molar-refractivity contribution in [3.8, 4) is 0 Å². The van der Waals surface area contributed by atoms with E-state index in [0.717, 1.165) is 6.42 Å². The summed E-state index contributed by atoms with van der Waals surface area (Å²) >= 11 is 1.31. The van der Waals surface area contributed by atoms with Crippen LogP contribution in [0.2, 0.25) is 0 Å². The lowest BCUT2D eigenvalue weighted by molar-refractivity contribution is -0.124. The highest BCUT2D eigenvalue weighted by molar-refractivity contribution is 7.12. The Bertz CT molecular complexity index is 855. The van der Waals surface area contributed by atoms with Crippen LogP contribution in [-0.2, 0) is 9.59 Å². The first-order valence-electron chi connectivity index (χ1n) is 10.1. The first-order valence-corrected chi connectivity index (χ1v) is 11.0. The minimum atomic E-state index is -0.403. The first-order chi connectivity index (χ1) is 14.1. The largest absolute Gasteiger partial charge is 0.350 e. The van der Waals surface area contributed by atoms with Crippen molar-refractivity contribution < 1.29 is 14.4 Å². The van der Waals surface area contributed by atoms with Gasteiger partial charge in [-0.3, -0.25) is 14.4 Å². The molecule has 0 aliphatic heterocycles. The number of nitrogens with zero attached hydrogens (tertiary/aromatic N) is 1. The third-order valence-electron chi connectivity index (χ3n) is 4.65. The minimum Gasteiger partial charge on any atom is -0.350 e. The maximum Gasteiger partial charge on any atom is 0.261 e. The van der Waals surface area contributed by atoms with Crippen LogP contribution in [0.3, 0.4) is 0 Å². The monoisotopic (exact) mass is 429 g/mol. The summed E-state index contributed by atoms with van der Waals surface area (Å²) in [4.78, 5) is 39.6. The topological polar surface area (TPSA) is 78.5 Å². The molecule has 1 atom stereocenters. The Kier molecular flexibility index (Phi) is 8.17. The number of thiophene rings is 1. The van der Waals surface area contributed by atoms with Crippen molar-refractivity contribution in [3.05, 3.63) is 52.2 Å². The Balaban J connectivity index is 2.16. The summed E-state index contributed by atoms with van der Waals surface area (Å²) in [5.74, 6) is -0.492. The summed E-state index contributed by atoms with van der Waals surface area (Å²) in [7, 11) is 0. The molecule has 6 nitrogen and oxygen atoms in total. The second-order valence-corrected chi connectivity index (χ2v) is 9.29. The number of anilines is 1. The van der Waals surface area contributed by atoms with Gasteiger partial charge in [0, 0.05) is 11.2 Å². The third-order valence-corrected chi connectivity index (χ3v) is 5.52. The van der Waals surface area contributed by atoms with Crippen molar-refractivity contribution in [3.63, 3.8) is 0 Å². The van der Waals surface area contributed by atoms with Crippen molar-refractivity contribution in [1.82, 2.24) is 10.6 Å². The molecule has 0 bridgehead atoms. The van der Waals surface area contributed by atoms with Crippen molar-refractivity contribution in [2.45, 2.75) is 52.5 Å². The number of carbonyl (C=O) groups is 3. The highest BCUT2D eigenvalue weighted by atomic mass is 32.1. The van der Waals surface area contributed by atoms with E-state index in [1.165, 1.54) is 21.8 Å². The summed E-state index contributed by atoms with van der Waals surface area (Å²) in [5, 5.41) is 7.33. The quantitative estimate of drug-likeness (QED) is 0.667. The fourth-order valence-corrected chi connectivity index (χ4v) is 3.53. The Hall–Kier alpha value is -2.67. The number of rotatable bonds is 8. The van der Waals surface area contributed by atoms with Gasteiger partial charge in [0.05, 0.1) is 11.4 Å². The molecule has 0 fully saturated rings. The average Bonchev–Trinajstić information content (AvgIpc) is 3.23. The molecule has 2 aromatic rings. The maximum atomic E-state index is 12.9. The molecule has 1 aromatic heterocycles. The van der Waals surface area contributed by atoms with Crippen LogP contribution in [0.4, 0.5) is 5.69 Å². The van der Waals surface area contributed by atoms with Crippen molar-refractivity contribution >= 4 is 34.7 Å². The molecule has 2 rings (SSSR count). The van der Waals surface area contributed by atoms with Crippen LogP contribution in [-0.4, -0.2) is 36.3 Å². The van der Waals surface area contributed by atoms with Crippen molar-refractivity contribution in [2.75, 3.05) is 18.0 Å². The van der Waals surface area contributed by atoms with Gasteiger partial charge < -0.3 is 15.5 Å². The van der Waals surface area contributed by atoms with Gasteiger partial charge in [-0.2, -0.15) is 0 Å². The zero-order valence-electron chi connectivity index (χ0n) is 18.3. The van der Waals surface area contributed by atoms with Gasteiger partial charge in [0.2, 0.25) is 11.8 Å². The van der Waals surface area contributed by atoms with Crippen LogP contribution in [0.15, 0.2) is 41.8 Å². The number of hydrogen-bond acceptors (Lipinski definition) is 4. The van der Waals surface area contributed by atoms with Gasteiger partial charge in [0.1, 0.15) is 6.54 Å². The molecule has 0 radical (unpaired) electrons. The average molecular weight is 430 g/mol. The molecule has 0 aliphatic rings. The molecule has 0 saturated carbocycles. The molecule has 0 saturated heterocycles. The summed E-state index contributed by atoms with van der Waals surface area (Å²) < 4.78 is 0. The van der Waals surface area contributed by atoms with Crippen LogP contribution in [0.1, 0.15) is 62.2 Å². The lowest BCUT2D eigenvalue weighted by atomic mass is 9.98. The normalized spacial score (nSPS) is 12.2. The van der Waals surface area contributed by atoms with Gasteiger partial charge in [-0.15, -0.1) is 11.3 Å². The Labute approximate surface area is 182 Å².